The second-order valence-electron chi connectivity index (χ2n) is 4.13. The average molecular weight is 285 g/mol. The van der Waals surface area contributed by atoms with E-state index in [0.717, 1.165) is 0 Å². The Bertz CT molecular complexity index is 666. The summed E-state index contributed by atoms with van der Waals surface area (Å²) >= 11 is 0. The van der Waals surface area contributed by atoms with E-state index in [1.807, 2.05) is 0 Å². The van der Waals surface area contributed by atoms with Crippen LogP contribution in [0.1, 0.15) is 15.9 Å². The topological polar surface area (TPSA) is 94.0 Å². The number of carbonyl (C=O) groups is 1. The fraction of sp³-hybridized carbons (Fsp3) is 0.0667. The predicted molar refractivity (Wildman–Crippen MR) is 77.1 cm³/mol. The zero-order valence-electron chi connectivity index (χ0n) is 11.2. The standard InChI is InChI=1S/C15H14N2O4/c1-21-13-4-2-3-11(14(13)18)9-16-17-12-7-5-10(6-8-12)15(19)20/h2-9,17-18H,1H3,(H,19,20)/p-1/b16-9+. The van der Waals surface area contributed by atoms with Crippen molar-refractivity contribution in [2.75, 3.05) is 12.5 Å². The van der Waals surface area contributed by atoms with Crippen LogP contribution in [0.5, 0.6) is 11.5 Å². The summed E-state index contributed by atoms with van der Waals surface area (Å²) in [6.45, 7) is 0. The van der Waals surface area contributed by atoms with Crippen molar-refractivity contribution in [3.8, 4) is 11.5 Å². The van der Waals surface area contributed by atoms with E-state index in [2.05, 4.69) is 10.5 Å². The van der Waals surface area contributed by atoms with Gasteiger partial charge in [0.05, 0.1) is 24.6 Å². The van der Waals surface area contributed by atoms with E-state index < -0.39 is 5.97 Å². The summed E-state index contributed by atoms with van der Waals surface area (Å²) in [5.74, 6) is -0.978. The third-order valence-corrected chi connectivity index (χ3v) is 2.76. The molecule has 21 heavy (non-hydrogen) atoms. The maximum Gasteiger partial charge on any atom is 0.335 e. The first-order chi connectivity index (χ1) is 10.1. The molecule has 0 unspecified atom stereocenters. The zero-order valence-corrected chi connectivity index (χ0v) is 11.2. The number of hydrazone groups is 1. The normalized spacial score (nSPS) is 10.5. The number of rotatable bonds is 5. The highest BCUT2D eigenvalue weighted by Crippen LogP contribution is 2.25. The average Bonchev–Trinajstić information content (AvgIpc) is 2.49. The molecule has 2 rings (SSSR count). The van der Waals surface area contributed by atoms with Gasteiger partial charge in [0, 0.05) is 0 Å². The Morgan fingerprint density at radius 1 is 1.29 bits per heavy atom. The van der Waals surface area contributed by atoms with Crippen LogP contribution < -0.4 is 15.3 Å². The van der Waals surface area contributed by atoms with Crippen molar-refractivity contribution in [2.45, 2.75) is 0 Å². The molecule has 108 valence electrons. The van der Waals surface area contributed by atoms with Crippen molar-refractivity contribution in [3.05, 3.63) is 53.6 Å². The lowest BCUT2D eigenvalue weighted by atomic mass is 10.2. The molecule has 2 N–H and O–H groups in total. The fourth-order valence-corrected chi connectivity index (χ4v) is 1.66. The molecule has 6 nitrogen and oxygen atoms in total. The van der Waals surface area contributed by atoms with Crippen LogP contribution in [0.4, 0.5) is 5.69 Å². The van der Waals surface area contributed by atoms with E-state index >= 15 is 0 Å². The maximum absolute atomic E-state index is 11.9. The minimum atomic E-state index is -0.988. The van der Waals surface area contributed by atoms with Gasteiger partial charge in [0.1, 0.15) is 5.75 Å². The first-order valence-corrected chi connectivity index (χ1v) is 6.08. The Balaban J connectivity index is 2.07. The Morgan fingerprint density at radius 3 is 2.62 bits per heavy atom. The predicted octanol–water partition coefficient (Wildman–Crippen LogP) is 1.91. The highest BCUT2D eigenvalue weighted by atomic mass is 16.5. The molecule has 0 spiro atoms. The van der Waals surface area contributed by atoms with Gasteiger partial charge in [-0.3, -0.25) is 5.43 Å². The molecule has 2 aromatic carbocycles. The molecule has 0 aliphatic heterocycles. The number of anilines is 1. The molecule has 0 radical (unpaired) electrons. The Morgan fingerprint density at radius 2 is 2.00 bits per heavy atom. The highest BCUT2D eigenvalue weighted by Gasteiger charge is 2.01. The third-order valence-electron chi connectivity index (χ3n) is 2.76. The number of hydrogen-bond acceptors (Lipinski definition) is 5. The van der Waals surface area contributed by atoms with Crippen LogP contribution in [-0.4, -0.2) is 24.4 Å². The summed E-state index contributed by atoms with van der Waals surface area (Å²) in [6, 6.07) is 11.0. The summed E-state index contributed by atoms with van der Waals surface area (Å²) in [5.41, 5.74) is 3.92. The molecule has 0 bridgehead atoms. The number of benzene rings is 2. The molecule has 0 atom stereocenters. The second kappa shape index (κ2) is 6.42. The van der Waals surface area contributed by atoms with E-state index in [1.165, 1.54) is 25.5 Å². The number of methoxy groups -OCH3 is 1. The third kappa shape index (κ3) is 3.50. The van der Waals surface area contributed by atoms with Crippen molar-refractivity contribution in [3.63, 3.8) is 0 Å². The number of carboxylic acid groups (broad SMARTS) is 1. The van der Waals surface area contributed by atoms with Crippen molar-refractivity contribution >= 4 is 17.9 Å². The van der Waals surface area contributed by atoms with Gasteiger partial charge in [0.25, 0.3) is 0 Å². The van der Waals surface area contributed by atoms with Gasteiger partial charge < -0.3 is 14.9 Å². The lowest BCUT2D eigenvalue weighted by Crippen LogP contribution is -2.00. The van der Waals surface area contributed by atoms with Crippen LogP contribution in [0, 0.1) is 0 Å². The molecule has 0 amide bonds. The largest absolute Gasteiger partial charge is 0.870 e. The minimum absolute atomic E-state index is 0.194. The minimum Gasteiger partial charge on any atom is -0.870 e. The maximum atomic E-state index is 11.9. The SMILES string of the molecule is COc1cccc(/C=N/Nc2ccc(C(=O)O)cc2)c1[O-]. The van der Waals surface area contributed by atoms with Crippen LogP contribution in [0.25, 0.3) is 0 Å². The quantitative estimate of drug-likeness (QED) is 0.646. The van der Waals surface area contributed by atoms with Crippen molar-refractivity contribution < 1.29 is 19.7 Å². The van der Waals surface area contributed by atoms with Crippen LogP contribution in [0.15, 0.2) is 47.6 Å². The number of aromatic carboxylic acids is 1. The summed E-state index contributed by atoms with van der Waals surface area (Å²) in [6.07, 6.45) is 1.38. The molecule has 0 aromatic heterocycles. The molecule has 6 heteroatoms. The van der Waals surface area contributed by atoms with Gasteiger partial charge in [-0.15, -0.1) is 0 Å². The Labute approximate surface area is 121 Å². The first-order valence-electron chi connectivity index (χ1n) is 6.08. The summed E-state index contributed by atoms with van der Waals surface area (Å²) < 4.78 is 4.94. The van der Waals surface area contributed by atoms with Crippen molar-refractivity contribution in [1.82, 2.24) is 0 Å². The fourth-order valence-electron chi connectivity index (χ4n) is 1.66. The lowest BCUT2D eigenvalue weighted by molar-refractivity contribution is -0.270. The van der Waals surface area contributed by atoms with Gasteiger partial charge in [-0.05, 0) is 35.9 Å². The molecular formula is C15H13N2O4-. The van der Waals surface area contributed by atoms with Gasteiger partial charge in [0.2, 0.25) is 0 Å². The van der Waals surface area contributed by atoms with Gasteiger partial charge in [-0.1, -0.05) is 17.9 Å². The number of nitrogens with one attached hydrogen (secondary N) is 1. The number of ether oxygens (including phenoxy) is 1. The molecule has 0 aliphatic carbocycles. The smallest absolute Gasteiger partial charge is 0.335 e. The van der Waals surface area contributed by atoms with E-state index in [-0.39, 0.29) is 17.1 Å². The molecule has 0 saturated heterocycles. The summed E-state index contributed by atoms with van der Waals surface area (Å²) in [5, 5.41) is 24.6. The van der Waals surface area contributed by atoms with Crippen LogP contribution in [0.3, 0.4) is 0 Å². The first kappa shape index (κ1) is 14.4. The van der Waals surface area contributed by atoms with E-state index in [9.17, 15) is 9.90 Å². The monoisotopic (exact) mass is 285 g/mol. The van der Waals surface area contributed by atoms with E-state index in [4.69, 9.17) is 9.84 Å². The van der Waals surface area contributed by atoms with Crippen molar-refractivity contribution in [2.24, 2.45) is 5.10 Å². The highest BCUT2D eigenvalue weighted by molar-refractivity contribution is 5.88. The number of hydrogen-bond donors (Lipinski definition) is 2. The lowest BCUT2D eigenvalue weighted by Gasteiger charge is -2.14. The number of carboxylic acids is 1. The second-order valence-corrected chi connectivity index (χ2v) is 4.13. The molecule has 2 aromatic rings. The van der Waals surface area contributed by atoms with Gasteiger partial charge in [0.15, 0.2) is 0 Å². The summed E-state index contributed by atoms with van der Waals surface area (Å²) in [7, 11) is 1.43. The number of para-hydroxylation sites is 1. The van der Waals surface area contributed by atoms with Crippen molar-refractivity contribution in [1.29, 1.82) is 0 Å². The van der Waals surface area contributed by atoms with Gasteiger partial charge in [-0.25, -0.2) is 4.79 Å². The van der Waals surface area contributed by atoms with Gasteiger partial charge >= 0.3 is 5.97 Å². The van der Waals surface area contributed by atoms with Crippen LogP contribution in [0.2, 0.25) is 0 Å². The molecular weight excluding hydrogens is 272 g/mol. The Hall–Kier alpha value is -3.02. The number of nitrogens with zero attached hydrogens (tertiary/aromatic N) is 1. The van der Waals surface area contributed by atoms with E-state index in [0.29, 0.717) is 11.3 Å². The Kier molecular flexibility index (Phi) is 4.40. The zero-order chi connectivity index (χ0) is 15.2. The van der Waals surface area contributed by atoms with Crippen LogP contribution in [-0.2, 0) is 0 Å². The molecule has 0 saturated carbocycles. The molecule has 0 heterocycles. The van der Waals surface area contributed by atoms with E-state index in [1.54, 1.807) is 30.3 Å². The van der Waals surface area contributed by atoms with Gasteiger partial charge in [-0.2, -0.15) is 5.10 Å². The van der Waals surface area contributed by atoms with Crippen LogP contribution >= 0.6 is 0 Å². The molecule has 0 aliphatic rings. The summed E-state index contributed by atoms with van der Waals surface area (Å²) in [4.78, 5) is 10.7. The molecule has 0 fully saturated rings.